The van der Waals surface area contributed by atoms with Gasteiger partial charge < -0.3 is 14.5 Å². The molecule has 0 saturated carbocycles. The lowest BCUT2D eigenvalue weighted by Crippen LogP contribution is -2.29. The van der Waals surface area contributed by atoms with Crippen LogP contribution >= 0.6 is 0 Å². The minimum absolute atomic E-state index is 0.0772. The quantitative estimate of drug-likeness (QED) is 0.789. The van der Waals surface area contributed by atoms with Gasteiger partial charge in [0.1, 0.15) is 0 Å². The Hall–Kier alpha value is -1.95. The van der Waals surface area contributed by atoms with Gasteiger partial charge in [-0.05, 0) is 37.3 Å². The van der Waals surface area contributed by atoms with E-state index < -0.39 is 0 Å². The van der Waals surface area contributed by atoms with E-state index in [1.165, 1.54) is 0 Å². The molecule has 2 amide bonds. The molecule has 1 atom stereocenters. The lowest BCUT2D eigenvalue weighted by molar-refractivity contribution is -0.128. The summed E-state index contributed by atoms with van der Waals surface area (Å²) in [5.74, 6) is 0.563. The molecular formula is C18H25N3O3. The third kappa shape index (κ3) is 3.93. The van der Waals surface area contributed by atoms with E-state index in [-0.39, 0.29) is 11.8 Å². The molecule has 2 saturated heterocycles. The van der Waals surface area contributed by atoms with E-state index in [0.29, 0.717) is 31.1 Å². The van der Waals surface area contributed by atoms with Gasteiger partial charge in [0.15, 0.2) is 0 Å². The fraction of sp³-hybridized carbons (Fsp3) is 0.611. The molecule has 0 radical (unpaired) electrons. The number of carbonyl (C=O) groups excluding carboxylic acids is 2. The van der Waals surface area contributed by atoms with Gasteiger partial charge in [-0.15, -0.1) is 0 Å². The second-order valence-electron chi connectivity index (χ2n) is 6.64. The molecule has 0 spiro atoms. The van der Waals surface area contributed by atoms with Gasteiger partial charge in [0.25, 0.3) is 5.91 Å². The van der Waals surface area contributed by atoms with Crippen molar-refractivity contribution in [1.82, 2.24) is 14.8 Å². The summed E-state index contributed by atoms with van der Waals surface area (Å²) in [6, 6.07) is 3.79. The maximum Gasteiger partial charge on any atom is 0.255 e. The molecule has 3 rings (SSSR count). The summed E-state index contributed by atoms with van der Waals surface area (Å²) in [5, 5.41) is 0. The van der Waals surface area contributed by atoms with Crippen LogP contribution in [0.25, 0.3) is 0 Å². The fourth-order valence-electron chi connectivity index (χ4n) is 3.48. The van der Waals surface area contributed by atoms with Crippen LogP contribution in [-0.2, 0) is 16.0 Å². The van der Waals surface area contributed by atoms with Gasteiger partial charge in [0.2, 0.25) is 5.91 Å². The second-order valence-corrected chi connectivity index (χ2v) is 6.64. The van der Waals surface area contributed by atoms with Crippen molar-refractivity contribution in [2.24, 2.45) is 5.92 Å². The van der Waals surface area contributed by atoms with Gasteiger partial charge in [0.05, 0.1) is 12.2 Å². The van der Waals surface area contributed by atoms with Crippen LogP contribution in [0.15, 0.2) is 18.3 Å². The lowest BCUT2D eigenvalue weighted by Gasteiger charge is -2.16. The Morgan fingerprint density at radius 1 is 1.33 bits per heavy atom. The summed E-state index contributed by atoms with van der Waals surface area (Å²) in [6.07, 6.45) is 5.20. The first kappa shape index (κ1) is 16.9. The highest BCUT2D eigenvalue weighted by molar-refractivity contribution is 5.94. The Labute approximate surface area is 142 Å². The van der Waals surface area contributed by atoms with Gasteiger partial charge in [-0.1, -0.05) is 0 Å². The molecule has 2 aliphatic heterocycles. The number of pyridine rings is 1. The molecule has 0 bridgehead atoms. The molecule has 1 aromatic rings. The predicted octanol–water partition coefficient (Wildman–Crippen LogP) is 1.35. The summed E-state index contributed by atoms with van der Waals surface area (Å²) in [4.78, 5) is 32.5. The van der Waals surface area contributed by atoms with E-state index in [0.717, 1.165) is 44.6 Å². The van der Waals surface area contributed by atoms with Crippen LogP contribution in [0, 0.1) is 5.92 Å². The van der Waals surface area contributed by atoms with Crippen molar-refractivity contribution < 1.29 is 14.3 Å². The molecule has 0 aromatic carbocycles. The highest BCUT2D eigenvalue weighted by atomic mass is 16.5. The monoisotopic (exact) mass is 331 g/mol. The van der Waals surface area contributed by atoms with Gasteiger partial charge in [-0.3, -0.25) is 14.6 Å². The van der Waals surface area contributed by atoms with E-state index in [4.69, 9.17) is 4.74 Å². The van der Waals surface area contributed by atoms with Crippen molar-refractivity contribution in [2.45, 2.75) is 25.7 Å². The number of hydrogen-bond donors (Lipinski definition) is 0. The Bertz CT molecular complexity index is 582. The van der Waals surface area contributed by atoms with Crippen molar-refractivity contribution in [3.8, 4) is 0 Å². The molecule has 6 heteroatoms. The molecule has 2 fully saturated rings. The summed E-state index contributed by atoms with van der Waals surface area (Å²) in [6.45, 7) is 3.69. The number of carbonyl (C=O) groups is 2. The number of nitrogens with zero attached hydrogens (tertiary/aromatic N) is 3. The number of hydrogen-bond acceptors (Lipinski definition) is 4. The van der Waals surface area contributed by atoms with Gasteiger partial charge >= 0.3 is 0 Å². The zero-order valence-corrected chi connectivity index (χ0v) is 14.2. The standard InChI is InChI=1S/C18H25N3O3/c1-24-9-8-21-13-14(11-17(21)22)10-16-5-4-15(12-19-16)18(23)20-6-2-3-7-20/h4-5,12,14H,2-3,6-11,13H2,1H3/t14-/m0/s1. The fourth-order valence-corrected chi connectivity index (χ4v) is 3.48. The smallest absolute Gasteiger partial charge is 0.255 e. The average molecular weight is 331 g/mol. The number of ether oxygens (including phenoxy) is 1. The molecule has 2 aliphatic rings. The third-order valence-corrected chi connectivity index (χ3v) is 4.82. The Kier molecular flexibility index (Phi) is 5.45. The minimum Gasteiger partial charge on any atom is -0.383 e. The summed E-state index contributed by atoms with van der Waals surface area (Å²) in [7, 11) is 1.65. The maximum atomic E-state index is 12.3. The Morgan fingerprint density at radius 3 is 2.79 bits per heavy atom. The van der Waals surface area contributed by atoms with Crippen LogP contribution in [0.4, 0.5) is 0 Å². The first-order valence-electron chi connectivity index (χ1n) is 8.68. The van der Waals surface area contributed by atoms with Crippen LogP contribution < -0.4 is 0 Å². The molecule has 130 valence electrons. The molecule has 0 N–H and O–H groups in total. The van der Waals surface area contributed by atoms with Crippen molar-refractivity contribution in [3.05, 3.63) is 29.6 Å². The third-order valence-electron chi connectivity index (χ3n) is 4.82. The Morgan fingerprint density at radius 2 is 2.12 bits per heavy atom. The lowest BCUT2D eigenvalue weighted by atomic mass is 10.0. The van der Waals surface area contributed by atoms with Crippen molar-refractivity contribution in [1.29, 1.82) is 0 Å². The van der Waals surface area contributed by atoms with Gasteiger partial charge in [0, 0.05) is 51.6 Å². The molecule has 3 heterocycles. The Balaban J connectivity index is 1.54. The molecular weight excluding hydrogens is 306 g/mol. The SMILES string of the molecule is COCCN1C[C@@H](Cc2ccc(C(=O)N3CCCC3)cn2)CC1=O. The maximum absolute atomic E-state index is 12.3. The molecule has 0 aliphatic carbocycles. The van der Waals surface area contributed by atoms with Crippen LogP contribution in [-0.4, -0.2) is 66.5 Å². The zero-order valence-electron chi connectivity index (χ0n) is 14.2. The first-order chi connectivity index (χ1) is 11.7. The largest absolute Gasteiger partial charge is 0.383 e. The summed E-state index contributed by atoms with van der Waals surface area (Å²) in [5.41, 5.74) is 1.60. The van der Waals surface area contributed by atoms with Crippen molar-refractivity contribution in [2.75, 3.05) is 39.9 Å². The van der Waals surface area contributed by atoms with E-state index in [1.807, 2.05) is 21.9 Å². The number of rotatable bonds is 6. The summed E-state index contributed by atoms with van der Waals surface area (Å²) < 4.78 is 5.04. The molecule has 0 unspecified atom stereocenters. The average Bonchev–Trinajstić information content (AvgIpc) is 3.23. The van der Waals surface area contributed by atoms with E-state index >= 15 is 0 Å². The van der Waals surface area contributed by atoms with Gasteiger partial charge in [-0.25, -0.2) is 0 Å². The molecule has 24 heavy (non-hydrogen) atoms. The summed E-state index contributed by atoms with van der Waals surface area (Å²) >= 11 is 0. The van der Waals surface area contributed by atoms with Crippen LogP contribution in [0.5, 0.6) is 0 Å². The van der Waals surface area contributed by atoms with Crippen LogP contribution in [0.1, 0.15) is 35.3 Å². The number of methoxy groups -OCH3 is 1. The zero-order chi connectivity index (χ0) is 16.9. The molecule has 6 nitrogen and oxygen atoms in total. The van der Waals surface area contributed by atoms with Crippen LogP contribution in [0.3, 0.4) is 0 Å². The number of likely N-dealkylation sites (tertiary alicyclic amines) is 2. The topological polar surface area (TPSA) is 62.7 Å². The normalized spacial score (nSPS) is 20.9. The van der Waals surface area contributed by atoms with Gasteiger partial charge in [-0.2, -0.15) is 0 Å². The van der Waals surface area contributed by atoms with E-state index in [1.54, 1.807) is 13.3 Å². The second kappa shape index (κ2) is 7.75. The van der Waals surface area contributed by atoms with E-state index in [2.05, 4.69) is 4.98 Å². The first-order valence-corrected chi connectivity index (χ1v) is 8.68. The van der Waals surface area contributed by atoms with Crippen LogP contribution in [0.2, 0.25) is 0 Å². The van der Waals surface area contributed by atoms with Crippen molar-refractivity contribution in [3.63, 3.8) is 0 Å². The van der Waals surface area contributed by atoms with Crippen molar-refractivity contribution >= 4 is 11.8 Å². The highest BCUT2D eigenvalue weighted by Crippen LogP contribution is 2.21. The van der Waals surface area contributed by atoms with E-state index in [9.17, 15) is 9.59 Å². The minimum atomic E-state index is 0.0772. The molecule has 1 aromatic heterocycles. The highest BCUT2D eigenvalue weighted by Gasteiger charge is 2.29. The number of aromatic nitrogens is 1. The predicted molar refractivity (Wildman–Crippen MR) is 89.6 cm³/mol. The number of amides is 2.